The van der Waals surface area contributed by atoms with E-state index in [4.69, 9.17) is 4.99 Å². The molecule has 0 spiro atoms. The van der Waals surface area contributed by atoms with Crippen LogP contribution in [0.1, 0.15) is 51.3 Å². The van der Waals surface area contributed by atoms with E-state index in [2.05, 4.69) is 17.1 Å². The maximum absolute atomic E-state index is 12.7. The Morgan fingerprint density at radius 1 is 1.17 bits per heavy atom. The van der Waals surface area contributed by atoms with Crippen LogP contribution in [-0.4, -0.2) is 62.9 Å². The SMILES string of the molecule is CCNC(=NCCc1ccc(S(=O)(=O)N(CC)CC)s1)N1CC2CCCCC2C1.I. The molecule has 1 aliphatic carbocycles. The first-order valence-corrected chi connectivity index (χ1v) is 13.4. The summed E-state index contributed by atoms with van der Waals surface area (Å²) in [6.07, 6.45) is 6.24. The molecule has 2 fully saturated rings. The maximum atomic E-state index is 12.7. The Balaban J connectivity index is 0.00000320. The highest BCUT2D eigenvalue weighted by atomic mass is 127. The molecule has 0 radical (unpaired) electrons. The van der Waals surface area contributed by atoms with Crippen molar-refractivity contribution in [3.05, 3.63) is 17.0 Å². The third-order valence-electron chi connectivity index (χ3n) is 6.17. The molecule has 1 N–H and O–H groups in total. The second kappa shape index (κ2) is 12.0. The fraction of sp³-hybridized carbons (Fsp3) is 0.762. The van der Waals surface area contributed by atoms with Crippen LogP contribution in [0.15, 0.2) is 21.3 Å². The molecule has 1 aromatic heterocycles. The summed E-state index contributed by atoms with van der Waals surface area (Å²) >= 11 is 1.38. The van der Waals surface area contributed by atoms with Gasteiger partial charge in [-0.05, 0) is 43.7 Å². The van der Waals surface area contributed by atoms with E-state index in [-0.39, 0.29) is 24.0 Å². The number of sulfonamides is 1. The normalized spacial score (nSPS) is 22.1. The van der Waals surface area contributed by atoms with Crippen LogP contribution in [0.25, 0.3) is 0 Å². The summed E-state index contributed by atoms with van der Waals surface area (Å²) < 4.78 is 27.3. The van der Waals surface area contributed by atoms with Crippen molar-refractivity contribution in [2.24, 2.45) is 16.8 Å². The number of guanidine groups is 1. The Morgan fingerprint density at radius 3 is 2.37 bits per heavy atom. The summed E-state index contributed by atoms with van der Waals surface area (Å²) in [5, 5.41) is 3.46. The Kier molecular flexibility index (Phi) is 10.4. The van der Waals surface area contributed by atoms with Gasteiger partial charge >= 0.3 is 0 Å². The molecular weight excluding hydrogens is 531 g/mol. The summed E-state index contributed by atoms with van der Waals surface area (Å²) in [6.45, 7) is 10.7. The van der Waals surface area contributed by atoms with Gasteiger partial charge in [0.15, 0.2) is 5.96 Å². The maximum Gasteiger partial charge on any atom is 0.252 e. The minimum absolute atomic E-state index is 0. The molecule has 2 unspecified atom stereocenters. The number of thiophene rings is 1. The molecule has 30 heavy (non-hydrogen) atoms. The van der Waals surface area contributed by atoms with Crippen LogP contribution in [0.5, 0.6) is 0 Å². The zero-order valence-electron chi connectivity index (χ0n) is 18.5. The van der Waals surface area contributed by atoms with Crippen LogP contribution in [-0.2, 0) is 16.4 Å². The van der Waals surface area contributed by atoms with Crippen LogP contribution < -0.4 is 5.32 Å². The Labute approximate surface area is 203 Å². The summed E-state index contributed by atoms with van der Waals surface area (Å²) in [5.74, 6) is 2.69. The van der Waals surface area contributed by atoms with E-state index in [9.17, 15) is 8.42 Å². The van der Waals surface area contributed by atoms with E-state index >= 15 is 0 Å². The van der Waals surface area contributed by atoms with Crippen LogP contribution in [0, 0.1) is 11.8 Å². The van der Waals surface area contributed by atoms with E-state index in [1.807, 2.05) is 19.9 Å². The third-order valence-corrected chi connectivity index (χ3v) is 9.83. The van der Waals surface area contributed by atoms with Crippen LogP contribution in [0.4, 0.5) is 0 Å². The van der Waals surface area contributed by atoms with Gasteiger partial charge in [0.1, 0.15) is 4.21 Å². The zero-order valence-corrected chi connectivity index (χ0v) is 22.4. The largest absolute Gasteiger partial charge is 0.357 e. The molecular formula is C21H37IN4O2S2. The molecule has 0 bridgehead atoms. The second-order valence-electron chi connectivity index (χ2n) is 8.01. The Bertz CT molecular complexity index is 779. The van der Waals surface area contributed by atoms with Crippen molar-refractivity contribution in [2.75, 3.05) is 39.3 Å². The summed E-state index contributed by atoms with van der Waals surface area (Å²) in [7, 11) is -3.36. The van der Waals surface area contributed by atoms with Gasteiger partial charge in [-0.3, -0.25) is 4.99 Å². The first-order valence-electron chi connectivity index (χ1n) is 11.1. The molecule has 2 heterocycles. The fourth-order valence-electron chi connectivity index (χ4n) is 4.60. The summed E-state index contributed by atoms with van der Waals surface area (Å²) in [4.78, 5) is 8.38. The molecule has 2 atom stereocenters. The molecule has 3 rings (SSSR count). The van der Waals surface area contributed by atoms with Gasteiger partial charge in [0.2, 0.25) is 0 Å². The van der Waals surface area contributed by atoms with Crippen LogP contribution in [0.3, 0.4) is 0 Å². The number of fused-ring (bicyclic) bond motifs is 1. The lowest BCUT2D eigenvalue weighted by Gasteiger charge is -2.22. The number of hydrogen-bond donors (Lipinski definition) is 1. The lowest BCUT2D eigenvalue weighted by atomic mass is 9.82. The lowest BCUT2D eigenvalue weighted by Crippen LogP contribution is -2.40. The van der Waals surface area contributed by atoms with Crippen LogP contribution >= 0.6 is 35.3 Å². The summed E-state index contributed by atoms with van der Waals surface area (Å²) in [6, 6.07) is 3.68. The quantitative estimate of drug-likeness (QED) is 0.292. The molecule has 172 valence electrons. The number of nitrogens with zero attached hydrogens (tertiary/aromatic N) is 3. The highest BCUT2D eigenvalue weighted by Crippen LogP contribution is 2.36. The average molecular weight is 569 g/mol. The Hall–Kier alpha value is -0.390. The van der Waals surface area contributed by atoms with E-state index in [1.54, 1.807) is 6.07 Å². The van der Waals surface area contributed by atoms with Gasteiger partial charge in [0, 0.05) is 50.6 Å². The van der Waals surface area contributed by atoms with Crippen molar-refractivity contribution in [1.29, 1.82) is 0 Å². The van der Waals surface area contributed by atoms with E-state index in [1.165, 1.54) is 41.3 Å². The van der Waals surface area contributed by atoms with E-state index in [0.29, 0.717) is 23.8 Å². The van der Waals surface area contributed by atoms with Crippen molar-refractivity contribution in [3.8, 4) is 0 Å². The number of halogens is 1. The predicted molar refractivity (Wildman–Crippen MR) is 137 cm³/mol. The molecule has 0 aromatic carbocycles. The molecule has 1 aromatic rings. The van der Waals surface area contributed by atoms with Crippen molar-refractivity contribution in [2.45, 2.75) is 57.1 Å². The minimum atomic E-state index is -3.36. The van der Waals surface area contributed by atoms with E-state index < -0.39 is 10.0 Å². The van der Waals surface area contributed by atoms with Gasteiger partial charge in [-0.1, -0.05) is 26.7 Å². The smallest absolute Gasteiger partial charge is 0.252 e. The van der Waals surface area contributed by atoms with Crippen LogP contribution in [0.2, 0.25) is 0 Å². The number of aliphatic imine (C=N–C) groups is 1. The lowest BCUT2D eigenvalue weighted by molar-refractivity contribution is 0.299. The van der Waals surface area contributed by atoms with Gasteiger partial charge in [0.25, 0.3) is 10.0 Å². The number of likely N-dealkylation sites (tertiary alicyclic amines) is 1. The minimum Gasteiger partial charge on any atom is -0.357 e. The van der Waals surface area contributed by atoms with Crippen molar-refractivity contribution >= 4 is 51.3 Å². The van der Waals surface area contributed by atoms with Crippen molar-refractivity contribution in [3.63, 3.8) is 0 Å². The van der Waals surface area contributed by atoms with Gasteiger partial charge in [-0.2, -0.15) is 4.31 Å². The molecule has 9 heteroatoms. The predicted octanol–water partition coefficient (Wildman–Crippen LogP) is 4.03. The monoisotopic (exact) mass is 568 g/mol. The van der Waals surface area contributed by atoms with Gasteiger partial charge in [0.05, 0.1) is 0 Å². The number of rotatable bonds is 8. The fourth-order valence-corrected chi connectivity index (χ4v) is 7.56. The highest BCUT2D eigenvalue weighted by Gasteiger charge is 2.35. The molecule has 0 amide bonds. The molecule has 2 aliphatic rings. The standard InChI is InChI=1S/C21H36N4O2S2.HI/c1-4-22-21(24-15-17-9-7-8-10-18(17)16-24)23-14-13-19-11-12-20(28-19)29(26,27)25(5-2)6-3;/h11-12,17-18H,4-10,13-16H2,1-3H3,(H,22,23);1H. The third kappa shape index (κ3) is 6.10. The first kappa shape index (κ1) is 25.9. The molecule has 6 nitrogen and oxygen atoms in total. The average Bonchev–Trinajstić information content (AvgIpc) is 3.35. The summed E-state index contributed by atoms with van der Waals surface area (Å²) in [5.41, 5.74) is 0. The topological polar surface area (TPSA) is 65.0 Å². The number of hydrogen-bond acceptors (Lipinski definition) is 4. The van der Waals surface area contributed by atoms with E-state index in [0.717, 1.165) is 48.7 Å². The zero-order chi connectivity index (χ0) is 20.9. The highest BCUT2D eigenvalue weighted by molar-refractivity contribution is 14.0. The first-order chi connectivity index (χ1) is 14.0. The van der Waals surface area contributed by atoms with Gasteiger partial charge in [-0.25, -0.2) is 8.42 Å². The van der Waals surface area contributed by atoms with Crippen molar-refractivity contribution < 1.29 is 8.42 Å². The Morgan fingerprint density at radius 2 is 1.80 bits per heavy atom. The second-order valence-corrected chi connectivity index (χ2v) is 11.3. The van der Waals surface area contributed by atoms with Gasteiger partial charge < -0.3 is 10.2 Å². The molecule has 1 saturated carbocycles. The number of nitrogens with one attached hydrogen (secondary N) is 1. The van der Waals surface area contributed by atoms with Gasteiger partial charge in [-0.15, -0.1) is 35.3 Å². The molecule has 1 aliphatic heterocycles. The van der Waals surface area contributed by atoms with Crippen molar-refractivity contribution in [1.82, 2.24) is 14.5 Å². The molecule has 1 saturated heterocycles.